The molecule has 3 rings (SSSR count). The Morgan fingerprint density at radius 2 is 2.00 bits per heavy atom. The Morgan fingerprint density at radius 3 is 2.71 bits per heavy atom. The van der Waals surface area contributed by atoms with Gasteiger partial charge < -0.3 is 14.9 Å². The molecule has 21 heavy (non-hydrogen) atoms. The maximum Gasteiger partial charge on any atom is 0.258 e. The summed E-state index contributed by atoms with van der Waals surface area (Å²) in [5.74, 6) is 1.62. The number of rotatable bonds is 4. The average Bonchev–Trinajstić information content (AvgIpc) is 2.97. The van der Waals surface area contributed by atoms with Crippen molar-refractivity contribution >= 4 is 11.8 Å². The van der Waals surface area contributed by atoms with Crippen LogP contribution in [0.1, 0.15) is 30.1 Å². The van der Waals surface area contributed by atoms with Crippen LogP contribution in [0.15, 0.2) is 33.7 Å². The fraction of sp³-hybridized carbons (Fsp3) is 0.467. The highest BCUT2D eigenvalue weighted by atomic mass is 32.2. The lowest BCUT2D eigenvalue weighted by Gasteiger charge is -2.28. The van der Waals surface area contributed by atoms with Crippen molar-refractivity contribution in [2.24, 2.45) is 0 Å². The monoisotopic (exact) mass is 305 g/mol. The van der Waals surface area contributed by atoms with E-state index in [1.54, 1.807) is 11.8 Å². The summed E-state index contributed by atoms with van der Waals surface area (Å²) in [6.45, 7) is 3.61. The van der Waals surface area contributed by atoms with Crippen molar-refractivity contribution in [2.45, 2.75) is 36.0 Å². The van der Waals surface area contributed by atoms with E-state index in [-0.39, 0.29) is 0 Å². The predicted molar refractivity (Wildman–Crippen MR) is 81.0 cm³/mol. The number of hydrogen-bond donors (Lipinski definition) is 2. The molecule has 1 fully saturated rings. The first-order valence-corrected chi connectivity index (χ1v) is 8.10. The highest BCUT2D eigenvalue weighted by molar-refractivity contribution is 7.98. The SMILES string of the molecule is Cc1ccc(SCc2noc(C3(O)CCNCC3)n2)cc1. The summed E-state index contributed by atoms with van der Waals surface area (Å²) in [5.41, 5.74) is 0.278. The molecule has 2 heterocycles. The molecule has 0 saturated carbocycles. The largest absolute Gasteiger partial charge is 0.380 e. The highest BCUT2D eigenvalue weighted by Gasteiger charge is 2.36. The quantitative estimate of drug-likeness (QED) is 0.844. The molecule has 1 aliphatic heterocycles. The lowest BCUT2D eigenvalue weighted by Crippen LogP contribution is -2.39. The number of nitrogens with one attached hydrogen (secondary N) is 1. The van der Waals surface area contributed by atoms with Gasteiger partial charge >= 0.3 is 0 Å². The first-order chi connectivity index (χ1) is 10.2. The van der Waals surface area contributed by atoms with Gasteiger partial charge in [0.25, 0.3) is 5.89 Å². The van der Waals surface area contributed by atoms with Crippen LogP contribution in [0.4, 0.5) is 0 Å². The highest BCUT2D eigenvalue weighted by Crippen LogP contribution is 2.30. The molecular weight excluding hydrogens is 286 g/mol. The Bertz CT molecular complexity index is 591. The van der Waals surface area contributed by atoms with Gasteiger partial charge in [0.2, 0.25) is 0 Å². The Morgan fingerprint density at radius 1 is 1.29 bits per heavy atom. The summed E-state index contributed by atoms with van der Waals surface area (Å²) in [6.07, 6.45) is 1.22. The average molecular weight is 305 g/mol. The maximum atomic E-state index is 10.5. The van der Waals surface area contributed by atoms with Crippen molar-refractivity contribution in [1.82, 2.24) is 15.5 Å². The Hall–Kier alpha value is -1.37. The van der Waals surface area contributed by atoms with Crippen molar-refractivity contribution in [3.63, 3.8) is 0 Å². The molecule has 0 spiro atoms. The van der Waals surface area contributed by atoms with Gasteiger partial charge in [0.15, 0.2) is 5.82 Å². The summed E-state index contributed by atoms with van der Waals surface area (Å²) < 4.78 is 5.26. The standard InChI is InChI=1S/C15H19N3O2S/c1-11-2-4-12(5-3-11)21-10-13-17-14(20-18-13)15(19)6-8-16-9-7-15/h2-5,16,19H,6-10H2,1H3. The molecule has 0 bridgehead atoms. The van der Waals surface area contributed by atoms with Crippen LogP contribution in [0.5, 0.6) is 0 Å². The predicted octanol–water partition coefficient (Wildman–Crippen LogP) is 2.24. The number of piperidine rings is 1. The van der Waals surface area contributed by atoms with Crippen molar-refractivity contribution in [3.05, 3.63) is 41.5 Å². The normalized spacial score (nSPS) is 17.8. The van der Waals surface area contributed by atoms with Crippen molar-refractivity contribution in [2.75, 3.05) is 13.1 Å². The van der Waals surface area contributed by atoms with E-state index < -0.39 is 5.60 Å². The zero-order valence-electron chi connectivity index (χ0n) is 12.0. The van der Waals surface area contributed by atoms with Gasteiger partial charge in [-0.05, 0) is 45.0 Å². The molecule has 1 aromatic carbocycles. The molecule has 6 heteroatoms. The van der Waals surface area contributed by atoms with Gasteiger partial charge in [-0.3, -0.25) is 0 Å². The summed E-state index contributed by atoms with van der Waals surface area (Å²) in [4.78, 5) is 5.54. The molecule has 0 atom stereocenters. The van der Waals surface area contributed by atoms with Crippen molar-refractivity contribution in [1.29, 1.82) is 0 Å². The van der Waals surface area contributed by atoms with Gasteiger partial charge in [-0.1, -0.05) is 22.9 Å². The minimum atomic E-state index is -0.967. The second-order valence-electron chi connectivity index (χ2n) is 5.40. The third-order valence-electron chi connectivity index (χ3n) is 3.69. The van der Waals surface area contributed by atoms with Crippen LogP contribution in [-0.4, -0.2) is 28.3 Å². The third-order valence-corrected chi connectivity index (χ3v) is 4.69. The Labute approximate surface area is 128 Å². The molecule has 112 valence electrons. The van der Waals surface area contributed by atoms with E-state index in [1.807, 2.05) is 0 Å². The summed E-state index contributed by atoms with van der Waals surface area (Å²) in [7, 11) is 0. The number of thioether (sulfide) groups is 1. The van der Waals surface area contributed by atoms with Gasteiger partial charge in [-0.15, -0.1) is 11.8 Å². The molecule has 0 amide bonds. The van der Waals surface area contributed by atoms with Gasteiger partial charge in [0, 0.05) is 4.90 Å². The summed E-state index contributed by atoms with van der Waals surface area (Å²) in [5, 5.41) is 17.7. The van der Waals surface area contributed by atoms with E-state index in [0.717, 1.165) is 13.1 Å². The summed E-state index contributed by atoms with van der Waals surface area (Å²) in [6, 6.07) is 8.34. The lowest BCUT2D eigenvalue weighted by atomic mass is 9.92. The van der Waals surface area contributed by atoms with Crippen molar-refractivity contribution < 1.29 is 9.63 Å². The molecular formula is C15H19N3O2S. The van der Waals surface area contributed by atoms with E-state index in [0.29, 0.717) is 30.3 Å². The molecule has 0 unspecified atom stereocenters. The van der Waals surface area contributed by atoms with Crippen molar-refractivity contribution in [3.8, 4) is 0 Å². The molecule has 1 saturated heterocycles. The number of aromatic nitrogens is 2. The first-order valence-electron chi connectivity index (χ1n) is 7.11. The van der Waals surface area contributed by atoms with E-state index in [4.69, 9.17) is 4.52 Å². The minimum Gasteiger partial charge on any atom is -0.380 e. The van der Waals surface area contributed by atoms with Crippen LogP contribution in [0.2, 0.25) is 0 Å². The number of nitrogens with zero attached hydrogens (tertiary/aromatic N) is 2. The molecule has 1 aliphatic rings. The van der Waals surface area contributed by atoms with Crippen LogP contribution in [0.25, 0.3) is 0 Å². The fourth-order valence-electron chi connectivity index (χ4n) is 2.34. The Kier molecular flexibility index (Phi) is 4.28. The lowest BCUT2D eigenvalue weighted by molar-refractivity contribution is -0.0228. The zero-order valence-corrected chi connectivity index (χ0v) is 12.8. The Balaban J connectivity index is 1.63. The number of aryl methyl sites for hydroxylation is 1. The molecule has 5 nitrogen and oxygen atoms in total. The smallest absolute Gasteiger partial charge is 0.258 e. The summed E-state index contributed by atoms with van der Waals surface area (Å²) >= 11 is 1.66. The van der Waals surface area contributed by atoms with Crippen LogP contribution < -0.4 is 5.32 Å². The van der Waals surface area contributed by atoms with Gasteiger partial charge in [-0.2, -0.15) is 4.98 Å². The van der Waals surface area contributed by atoms with E-state index in [9.17, 15) is 5.11 Å². The van der Waals surface area contributed by atoms with Gasteiger partial charge in [0.1, 0.15) is 5.60 Å². The van der Waals surface area contributed by atoms with Gasteiger partial charge in [0.05, 0.1) is 5.75 Å². The molecule has 2 aromatic rings. The van der Waals surface area contributed by atoms with E-state index in [1.165, 1.54) is 10.5 Å². The minimum absolute atomic E-state index is 0.350. The zero-order chi connectivity index (χ0) is 14.7. The van der Waals surface area contributed by atoms with E-state index >= 15 is 0 Å². The number of aliphatic hydroxyl groups is 1. The maximum absolute atomic E-state index is 10.5. The van der Waals surface area contributed by atoms with Gasteiger partial charge in [-0.25, -0.2) is 0 Å². The topological polar surface area (TPSA) is 71.2 Å². The molecule has 2 N–H and O–H groups in total. The molecule has 1 aromatic heterocycles. The second kappa shape index (κ2) is 6.17. The van der Waals surface area contributed by atoms with Crippen LogP contribution in [-0.2, 0) is 11.4 Å². The van der Waals surface area contributed by atoms with Crippen LogP contribution in [0, 0.1) is 6.92 Å². The van der Waals surface area contributed by atoms with Crippen LogP contribution in [0.3, 0.4) is 0 Å². The molecule has 0 aliphatic carbocycles. The number of benzene rings is 1. The first kappa shape index (κ1) is 14.6. The third kappa shape index (κ3) is 3.45. The molecule has 0 radical (unpaired) electrons. The second-order valence-corrected chi connectivity index (χ2v) is 6.45. The number of hydrogen-bond acceptors (Lipinski definition) is 6. The fourth-order valence-corrected chi connectivity index (χ4v) is 3.08. The van der Waals surface area contributed by atoms with E-state index in [2.05, 4.69) is 46.6 Å². The van der Waals surface area contributed by atoms with Crippen LogP contribution >= 0.6 is 11.8 Å².